The fourth-order valence-corrected chi connectivity index (χ4v) is 4.99. The van der Waals surface area contributed by atoms with E-state index in [2.05, 4.69) is 28.8 Å². The molecular weight excluding hydrogens is 456 g/mol. The van der Waals surface area contributed by atoms with Crippen LogP contribution in [0.4, 0.5) is 17.3 Å². The number of nitrogens with one attached hydrogen (secondary N) is 2. The van der Waals surface area contributed by atoms with Gasteiger partial charge in [0, 0.05) is 0 Å². The molecule has 0 fully saturated rings. The van der Waals surface area contributed by atoms with Crippen molar-refractivity contribution in [2.24, 2.45) is 0 Å². The summed E-state index contributed by atoms with van der Waals surface area (Å²) in [5.74, 6) is 0.262. The lowest BCUT2D eigenvalue weighted by molar-refractivity contribution is 0.602. The number of hydrogen-bond acceptors (Lipinski definition) is 8. The molecular formula is C20H13ClN6O2S2. The summed E-state index contributed by atoms with van der Waals surface area (Å²) < 4.78 is 37.2. The molecule has 0 unspecified atom stereocenters. The molecule has 2 aromatic heterocycles. The maximum Gasteiger partial charge on any atom is 0.265 e. The van der Waals surface area contributed by atoms with E-state index in [-0.39, 0.29) is 16.5 Å². The van der Waals surface area contributed by atoms with Gasteiger partial charge < -0.3 is 5.32 Å². The minimum Gasteiger partial charge on any atom is -0.336 e. The van der Waals surface area contributed by atoms with Crippen molar-refractivity contribution in [3.63, 3.8) is 0 Å². The van der Waals surface area contributed by atoms with Crippen LogP contribution >= 0.6 is 23.3 Å². The summed E-state index contributed by atoms with van der Waals surface area (Å²) in [6.45, 7) is 0. The third kappa shape index (κ3) is 3.76. The van der Waals surface area contributed by atoms with Gasteiger partial charge in [-0.1, -0.05) is 41.9 Å². The van der Waals surface area contributed by atoms with Crippen molar-refractivity contribution in [1.29, 1.82) is 0 Å². The zero-order chi connectivity index (χ0) is 21.4. The van der Waals surface area contributed by atoms with Crippen LogP contribution in [0.1, 0.15) is 0 Å². The van der Waals surface area contributed by atoms with Crippen LogP contribution in [0.2, 0.25) is 5.02 Å². The summed E-state index contributed by atoms with van der Waals surface area (Å²) in [6, 6.07) is 19.1. The smallest absolute Gasteiger partial charge is 0.265 e. The number of hydrogen-bond donors (Lipinski definition) is 2. The van der Waals surface area contributed by atoms with Crippen LogP contribution in [-0.2, 0) is 10.0 Å². The van der Waals surface area contributed by atoms with Gasteiger partial charge in [-0.2, -0.15) is 8.75 Å². The lowest BCUT2D eigenvalue weighted by atomic mass is 10.3. The summed E-state index contributed by atoms with van der Waals surface area (Å²) in [6.07, 6.45) is 0. The maximum absolute atomic E-state index is 13.2. The summed E-state index contributed by atoms with van der Waals surface area (Å²) in [5, 5.41) is 3.54. The molecule has 5 rings (SSSR count). The van der Waals surface area contributed by atoms with Crippen molar-refractivity contribution < 1.29 is 8.42 Å². The number of halogens is 1. The van der Waals surface area contributed by atoms with Crippen molar-refractivity contribution in [3.8, 4) is 0 Å². The first-order valence-corrected chi connectivity index (χ1v) is 11.6. The Morgan fingerprint density at radius 3 is 2.23 bits per heavy atom. The summed E-state index contributed by atoms with van der Waals surface area (Å²) in [4.78, 5) is 9.06. The Labute approximate surface area is 186 Å². The van der Waals surface area contributed by atoms with Crippen LogP contribution in [0.25, 0.3) is 22.1 Å². The number of aromatic nitrogens is 4. The monoisotopic (exact) mass is 468 g/mol. The van der Waals surface area contributed by atoms with E-state index in [4.69, 9.17) is 11.6 Å². The van der Waals surface area contributed by atoms with Crippen LogP contribution in [0.15, 0.2) is 71.6 Å². The molecule has 0 saturated heterocycles. The molecule has 5 aromatic rings. The minimum absolute atomic E-state index is 0.0115. The number of benzene rings is 3. The largest absolute Gasteiger partial charge is 0.336 e. The predicted molar refractivity (Wildman–Crippen MR) is 122 cm³/mol. The second-order valence-electron chi connectivity index (χ2n) is 6.51. The molecule has 8 nitrogen and oxygen atoms in total. The molecule has 2 N–H and O–H groups in total. The molecule has 31 heavy (non-hydrogen) atoms. The van der Waals surface area contributed by atoms with Gasteiger partial charge in [0.15, 0.2) is 11.6 Å². The van der Waals surface area contributed by atoms with Gasteiger partial charge in [0.25, 0.3) is 10.0 Å². The van der Waals surface area contributed by atoms with Crippen molar-refractivity contribution in [3.05, 3.63) is 71.8 Å². The number of fused-ring (bicyclic) bond motifs is 2. The van der Waals surface area contributed by atoms with Gasteiger partial charge in [-0.15, -0.1) is 0 Å². The molecule has 0 bridgehead atoms. The lowest BCUT2D eigenvalue weighted by Gasteiger charge is -2.14. The van der Waals surface area contributed by atoms with Crippen LogP contribution in [-0.4, -0.2) is 27.1 Å². The quantitative estimate of drug-likeness (QED) is 0.380. The van der Waals surface area contributed by atoms with E-state index in [1.165, 1.54) is 6.07 Å². The molecule has 0 radical (unpaired) electrons. The van der Waals surface area contributed by atoms with E-state index in [0.29, 0.717) is 32.8 Å². The summed E-state index contributed by atoms with van der Waals surface area (Å²) in [7, 11) is -4.02. The molecule has 154 valence electrons. The molecule has 3 aromatic carbocycles. The zero-order valence-electron chi connectivity index (χ0n) is 15.7. The Morgan fingerprint density at radius 1 is 0.774 bits per heavy atom. The Kier molecular flexibility index (Phi) is 4.89. The summed E-state index contributed by atoms with van der Waals surface area (Å²) >= 11 is 7.21. The minimum atomic E-state index is -4.02. The average Bonchev–Trinajstić information content (AvgIpc) is 3.24. The number of nitrogens with zero attached hydrogens (tertiary/aromatic N) is 4. The molecule has 2 heterocycles. The molecule has 0 atom stereocenters. The first-order valence-electron chi connectivity index (χ1n) is 9.04. The molecule has 0 aliphatic rings. The zero-order valence-corrected chi connectivity index (χ0v) is 18.0. The van der Waals surface area contributed by atoms with Gasteiger partial charge in [-0.05, 0) is 36.4 Å². The first-order chi connectivity index (χ1) is 15.0. The van der Waals surface area contributed by atoms with Crippen LogP contribution in [0.5, 0.6) is 0 Å². The Bertz CT molecular complexity index is 1540. The maximum atomic E-state index is 13.2. The highest BCUT2D eigenvalue weighted by molar-refractivity contribution is 7.93. The highest BCUT2D eigenvalue weighted by Gasteiger charge is 2.23. The second-order valence-corrected chi connectivity index (χ2v) is 9.09. The number of para-hydroxylation sites is 3. The molecule has 0 saturated carbocycles. The molecule has 11 heteroatoms. The van der Waals surface area contributed by atoms with Gasteiger partial charge in [-0.25, -0.2) is 18.4 Å². The first kappa shape index (κ1) is 19.6. The van der Waals surface area contributed by atoms with Gasteiger partial charge in [0.2, 0.25) is 0 Å². The topological polar surface area (TPSA) is 110 Å². The van der Waals surface area contributed by atoms with E-state index in [1.54, 1.807) is 48.5 Å². The SMILES string of the molecule is O=S(=O)(Nc1nc2ccccc2nc1Nc1ccccc1Cl)c1cccc2nsnc12. The third-order valence-electron chi connectivity index (χ3n) is 4.47. The van der Waals surface area contributed by atoms with E-state index in [0.717, 1.165) is 11.7 Å². The normalized spacial score (nSPS) is 11.6. The summed E-state index contributed by atoms with van der Waals surface area (Å²) in [5.41, 5.74) is 2.52. The van der Waals surface area contributed by atoms with Gasteiger partial charge in [-0.3, -0.25) is 4.72 Å². The number of rotatable bonds is 5. The van der Waals surface area contributed by atoms with E-state index in [9.17, 15) is 8.42 Å². The predicted octanol–water partition coefficient (Wildman–Crippen LogP) is 4.83. The average molecular weight is 469 g/mol. The fraction of sp³-hybridized carbons (Fsp3) is 0. The second kappa shape index (κ2) is 7.73. The van der Waals surface area contributed by atoms with E-state index < -0.39 is 10.0 Å². The van der Waals surface area contributed by atoms with Crippen molar-refractivity contribution >= 4 is 72.7 Å². The third-order valence-corrected chi connectivity index (χ3v) is 6.71. The number of sulfonamides is 1. The van der Waals surface area contributed by atoms with Crippen molar-refractivity contribution in [1.82, 2.24) is 18.7 Å². The molecule has 0 aliphatic carbocycles. The van der Waals surface area contributed by atoms with Crippen LogP contribution in [0.3, 0.4) is 0 Å². The van der Waals surface area contributed by atoms with Crippen molar-refractivity contribution in [2.45, 2.75) is 4.90 Å². The van der Waals surface area contributed by atoms with Gasteiger partial charge in [0.1, 0.15) is 15.9 Å². The molecule has 0 amide bonds. The highest BCUT2D eigenvalue weighted by Crippen LogP contribution is 2.31. The lowest BCUT2D eigenvalue weighted by Crippen LogP contribution is -2.16. The highest BCUT2D eigenvalue weighted by atomic mass is 35.5. The molecule has 0 spiro atoms. The van der Waals surface area contributed by atoms with Gasteiger partial charge >= 0.3 is 0 Å². The van der Waals surface area contributed by atoms with E-state index >= 15 is 0 Å². The van der Waals surface area contributed by atoms with Crippen LogP contribution < -0.4 is 10.0 Å². The Hall–Kier alpha value is -3.34. The Balaban J connectivity index is 1.63. The molecule has 0 aliphatic heterocycles. The van der Waals surface area contributed by atoms with Crippen LogP contribution in [0, 0.1) is 0 Å². The number of anilines is 3. The van der Waals surface area contributed by atoms with Crippen molar-refractivity contribution in [2.75, 3.05) is 10.0 Å². The fourth-order valence-electron chi connectivity index (χ4n) is 3.03. The Morgan fingerprint density at radius 2 is 1.45 bits per heavy atom. The standard InChI is InChI=1S/C20H13ClN6O2S2/c21-12-6-1-2-7-13(12)22-19-20(24-15-9-4-3-8-14(15)23-19)27-31(28,29)17-11-5-10-16-18(17)26-30-25-16/h1-11H,(H,22,23)(H,24,27). The van der Waals surface area contributed by atoms with Gasteiger partial charge in [0.05, 0.1) is 33.5 Å². The van der Waals surface area contributed by atoms with E-state index in [1.807, 2.05) is 12.1 Å².